The van der Waals surface area contributed by atoms with Crippen LogP contribution in [-0.4, -0.2) is 42.6 Å². The van der Waals surface area contributed by atoms with Crippen LogP contribution in [0.1, 0.15) is 39.0 Å². The molecule has 0 bridgehead atoms. The van der Waals surface area contributed by atoms with E-state index >= 15 is 0 Å². The molecule has 2 rings (SSSR count). The molecule has 2 N–H and O–H groups in total. The van der Waals surface area contributed by atoms with E-state index in [1.165, 1.54) is 6.42 Å². The third-order valence-electron chi connectivity index (χ3n) is 4.15. The van der Waals surface area contributed by atoms with Crippen molar-refractivity contribution < 1.29 is 9.53 Å². The molecule has 2 unspecified atom stereocenters. The van der Waals surface area contributed by atoms with Crippen molar-refractivity contribution in [3.63, 3.8) is 0 Å². The molecule has 2 fully saturated rings. The van der Waals surface area contributed by atoms with Crippen molar-refractivity contribution in [2.45, 2.75) is 51.1 Å². The number of likely N-dealkylation sites (tertiary alicyclic amines) is 1. The zero-order valence-electron chi connectivity index (χ0n) is 10.7. The van der Waals surface area contributed by atoms with Gasteiger partial charge < -0.3 is 15.4 Å². The van der Waals surface area contributed by atoms with Crippen molar-refractivity contribution in [1.82, 2.24) is 4.90 Å². The molecule has 4 nitrogen and oxygen atoms in total. The summed E-state index contributed by atoms with van der Waals surface area (Å²) in [5.41, 5.74) is 6.14. The lowest BCUT2D eigenvalue weighted by Gasteiger charge is -2.37. The number of nitrogens with zero attached hydrogens (tertiary/aromatic N) is 1. The maximum atomic E-state index is 12.4. The molecule has 17 heavy (non-hydrogen) atoms. The average molecular weight is 240 g/mol. The second-order valence-corrected chi connectivity index (χ2v) is 5.35. The minimum atomic E-state index is -0.320. The van der Waals surface area contributed by atoms with Crippen LogP contribution in [0.4, 0.5) is 0 Å². The first-order chi connectivity index (χ1) is 8.20. The summed E-state index contributed by atoms with van der Waals surface area (Å²) in [7, 11) is 0. The topological polar surface area (TPSA) is 55.6 Å². The molecule has 1 amide bonds. The van der Waals surface area contributed by atoms with E-state index in [9.17, 15) is 4.79 Å². The highest BCUT2D eigenvalue weighted by Crippen LogP contribution is 2.22. The maximum Gasteiger partial charge on any atom is 0.240 e. The Morgan fingerprint density at radius 1 is 1.29 bits per heavy atom. The Bertz CT molecular complexity index is 264. The number of carbonyl (C=O) groups is 1. The fourth-order valence-electron chi connectivity index (χ4n) is 2.89. The predicted octanol–water partition coefficient (Wildman–Crippen LogP) is 1.14. The number of piperidine rings is 1. The number of nitrogens with two attached hydrogens (primary N) is 1. The van der Waals surface area contributed by atoms with Crippen LogP contribution in [0.2, 0.25) is 0 Å². The summed E-state index contributed by atoms with van der Waals surface area (Å²) in [5.74, 6) is 0.467. The molecule has 2 atom stereocenters. The maximum absolute atomic E-state index is 12.4. The minimum Gasteiger partial charge on any atom is -0.381 e. The summed E-state index contributed by atoms with van der Waals surface area (Å²) in [6.45, 7) is 4.52. The molecule has 2 aliphatic heterocycles. The van der Waals surface area contributed by atoms with Crippen LogP contribution in [-0.2, 0) is 9.53 Å². The van der Waals surface area contributed by atoms with E-state index in [-0.39, 0.29) is 11.9 Å². The summed E-state index contributed by atoms with van der Waals surface area (Å²) in [6, 6.07) is 0.0431. The summed E-state index contributed by atoms with van der Waals surface area (Å²) in [4.78, 5) is 14.4. The summed E-state index contributed by atoms with van der Waals surface area (Å²) in [5, 5.41) is 0. The van der Waals surface area contributed by atoms with Gasteiger partial charge in [-0.05, 0) is 44.9 Å². The highest BCUT2D eigenvalue weighted by Gasteiger charge is 2.32. The van der Waals surface area contributed by atoms with Gasteiger partial charge in [0.15, 0.2) is 0 Å². The molecule has 0 aromatic rings. The Hall–Kier alpha value is -0.610. The Kier molecular flexibility index (Phi) is 4.40. The lowest BCUT2D eigenvalue weighted by molar-refractivity contribution is -0.138. The molecule has 0 spiro atoms. The van der Waals surface area contributed by atoms with Gasteiger partial charge in [0.2, 0.25) is 5.91 Å². The van der Waals surface area contributed by atoms with Gasteiger partial charge >= 0.3 is 0 Å². The highest BCUT2D eigenvalue weighted by molar-refractivity contribution is 5.82. The number of hydrogen-bond donors (Lipinski definition) is 1. The predicted molar refractivity (Wildman–Crippen MR) is 66.5 cm³/mol. The SMILES string of the molecule is CC1CCCCN1C(=O)C(N)C1CCOCC1. The van der Waals surface area contributed by atoms with E-state index in [1.807, 2.05) is 4.90 Å². The van der Waals surface area contributed by atoms with Gasteiger partial charge in [-0.3, -0.25) is 4.79 Å². The Balaban J connectivity index is 1.92. The van der Waals surface area contributed by atoms with Gasteiger partial charge in [-0.15, -0.1) is 0 Å². The molecule has 0 aromatic carbocycles. The third-order valence-corrected chi connectivity index (χ3v) is 4.15. The van der Waals surface area contributed by atoms with Crippen LogP contribution in [0.5, 0.6) is 0 Å². The number of rotatable bonds is 2. The van der Waals surface area contributed by atoms with Gasteiger partial charge in [-0.1, -0.05) is 0 Å². The lowest BCUT2D eigenvalue weighted by atomic mass is 9.90. The molecule has 98 valence electrons. The molecule has 2 heterocycles. The molecule has 2 saturated heterocycles. The van der Waals surface area contributed by atoms with E-state index in [0.717, 1.165) is 45.4 Å². The van der Waals surface area contributed by atoms with Crippen LogP contribution in [0.15, 0.2) is 0 Å². The smallest absolute Gasteiger partial charge is 0.240 e. The average Bonchev–Trinajstić information content (AvgIpc) is 2.39. The fraction of sp³-hybridized carbons (Fsp3) is 0.923. The zero-order valence-corrected chi connectivity index (χ0v) is 10.7. The fourth-order valence-corrected chi connectivity index (χ4v) is 2.89. The molecule has 0 aromatic heterocycles. The summed E-state index contributed by atoms with van der Waals surface area (Å²) in [6.07, 6.45) is 5.32. The Morgan fingerprint density at radius 3 is 2.65 bits per heavy atom. The molecule has 0 aliphatic carbocycles. The van der Waals surface area contributed by atoms with Crippen molar-refractivity contribution in [3.8, 4) is 0 Å². The monoisotopic (exact) mass is 240 g/mol. The molecule has 4 heteroatoms. The second kappa shape index (κ2) is 5.83. The number of hydrogen-bond acceptors (Lipinski definition) is 3. The van der Waals surface area contributed by atoms with Crippen molar-refractivity contribution >= 4 is 5.91 Å². The van der Waals surface area contributed by atoms with Crippen molar-refractivity contribution in [1.29, 1.82) is 0 Å². The van der Waals surface area contributed by atoms with Crippen LogP contribution in [0.25, 0.3) is 0 Å². The van der Waals surface area contributed by atoms with Crippen molar-refractivity contribution in [2.75, 3.05) is 19.8 Å². The first-order valence-corrected chi connectivity index (χ1v) is 6.84. The number of amides is 1. The second-order valence-electron chi connectivity index (χ2n) is 5.35. The Labute approximate surface area is 103 Å². The minimum absolute atomic E-state index is 0.157. The van der Waals surface area contributed by atoms with Gasteiger partial charge in [0.25, 0.3) is 0 Å². The largest absolute Gasteiger partial charge is 0.381 e. The lowest BCUT2D eigenvalue weighted by Crippen LogP contribution is -2.53. The van der Waals surface area contributed by atoms with Crippen molar-refractivity contribution in [2.24, 2.45) is 11.7 Å². The van der Waals surface area contributed by atoms with Crippen LogP contribution >= 0.6 is 0 Å². The van der Waals surface area contributed by atoms with E-state index < -0.39 is 0 Å². The first-order valence-electron chi connectivity index (χ1n) is 6.84. The number of carbonyl (C=O) groups excluding carboxylic acids is 1. The molecule has 2 aliphatic rings. The van der Waals surface area contributed by atoms with Gasteiger partial charge in [0.05, 0.1) is 6.04 Å². The Morgan fingerprint density at radius 2 is 2.00 bits per heavy atom. The number of ether oxygens (including phenoxy) is 1. The first kappa shape index (κ1) is 12.8. The van der Waals surface area contributed by atoms with Crippen LogP contribution < -0.4 is 5.73 Å². The normalized spacial score (nSPS) is 29.1. The van der Waals surface area contributed by atoms with E-state index in [0.29, 0.717) is 12.0 Å². The molecular weight excluding hydrogens is 216 g/mol. The molecular formula is C13H24N2O2. The quantitative estimate of drug-likeness (QED) is 0.787. The highest BCUT2D eigenvalue weighted by atomic mass is 16.5. The van der Waals surface area contributed by atoms with E-state index in [2.05, 4.69) is 6.92 Å². The van der Waals surface area contributed by atoms with Crippen LogP contribution in [0.3, 0.4) is 0 Å². The van der Waals surface area contributed by atoms with E-state index in [4.69, 9.17) is 10.5 Å². The third kappa shape index (κ3) is 2.99. The molecule has 0 radical (unpaired) electrons. The van der Waals surface area contributed by atoms with Crippen LogP contribution in [0, 0.1) is 5.92 Å². The van der Waals surface area contributed by atoms with Crippen molar-refractivity contribution in [3.05, 3.63) is 0 Å². The van der Waals surface area contributed by atoms with Gasteiger partial charge in [-0.25, -0.2) is 0 Å². The summed E-state index contributed by atoms with van der Waals surface area (Å²) < 4.78 is 5.32. The van der Waals surface area contributed by atoms with Gasteiger partial charge in [0.1, 0.15) is 0 Å². The molecule has 0 saturated carbocycles. The van der Waals surface area contributed by atoms with Gasteiger partial charge in [-0.2, -0.15) is 0 Å². The summed E-state index contributed by atoms with van der Waals surface area (Å²) >= 11 is 0. The van der Waals surface area contributed by atoms with E-state index in [1.54, 1.807) is 0 Å². The standard InChI is InChI=1S/C13H24N2O2/c1-10-4-2-3-7-15(10)13(16)12(14)11-5-8-17-9-6-11/h10-12H,2-9,14H2,1H3. The zero-order chi connectivity index (χ0) is 12.3. The van der Waals surface area contributed by atoms with Gasteiger partial charge in [0, 0.05) is 25.8 Å².